The van der Waals surface area contributed by atoms with E-state index in [1.165, 1.54) is 0 Å². The molecule has 0 aromatic heterocycles. The number of aliphatic hydroxyl groups excluding tert-OH is 3. The minimum atomic E-state index is -2.56. The summed E-state index contributed by atoms with van der Waals surface area (Å²) < 4.78 is 0. The number of aromatic hydroxyl groups is 1. The molecule has 0 radical (unpaired) electrons. The first kappa shape index (κ1) is 24.1. The molecule has 29 heavy (non-hydrogen) atoms. The van der Waals surface area contributed by atoms with E-state index < -0.39 is 60.6 Å². The van der Waals surface area contributed by atoms with Gasteiger partial charge in [-0.05, 0) is 31.5 Å². The highest BCUT2D eigenvalue weighted by molar-refractivity contribution is 6.26. The average Bonchev–Trinajstić information content (AvgIpc) is 2.67. The van der Waals surface area contributed by atoms with E-state index in [1.807, 2.05) is 0 Å². The van der Waals surface area contributed by atoms with E-state index in [9.17, 15) is 39.3 Å². The van der Waals surface area contributed by atoms with Crippen LogP contribution in [0.4, 0.5) is 0 Å². The van der Waals surface area contributed by atoms with Gasteiger partial charge in [-0.15, -0.1) is 0 Å². The Labute approximate surface area is 166 Å². The number of carbonyl (C=O) groups excluding carboxylic acids is 5. The number of aldehydes is 1. The van der Waals surface area contributed by atoms with Crippen molar-refractivity contribution in [2.75, 3.05) is 13.2 Å². The fourth-order valence-corrected chi connectivity index (χ4v) is 2.70. The quantitative estimate of drug-likeness (QED) is 0.264. The number of ketones is 2. The Morgan fingerprint density at radius 1 is 1.07 bits per heavy atom. The summed E-state index contributed by atoms with van der Waals surface area (Å²) in [6, 6.07) is 4.48. The highest BCUT2D eigenvalue weighted by Crippen LogP contribution is 2.28. The maximum absolute atomic E-state index is 13.1. The van der Waals surface area contributed by atoms with Crippen LogP contribution in [0.1, 0.15) is 25.8 Å². The van der Waals surface area contributed by atoms with Crippen LogP contribution in [0.15, 0.2) is 24.3 Å². The predicted molar refractivity (Wildman–Crippen MR) is 97.6 cm³/mol. The van der Waals surface area contributed by atoms with Crippen LogP contribution in [0.3, 0.4) is 0 Å². The van der Waals surface area contributed by atoms with Gasteiger partial charge in [0.25, 0.3) is 5.91 Å². The number of carbonyl (C=O) groups is 5. The third-order valence-electron chi connectivity index (χ3n) is 4.26. The Morgan fingerprint density at radius 2 is 1.62 bits per heavy atom. The van der Waals surface area contributed by atoms with Gasteiger partial charge in [0.05, 0.1) is 19.6 Å². The Bertz CT molecular complexity index is 785. The van der Waals surface area contributed by atoms with E-state index in [0.29, 0.717) is 4.90 Å². The lowest BCUT2D eigenvalue weighted by atomic mass is 9.72. The molecule has 0 spiro atoms. The fourth-order valence-electron chi connectivity index (χ4n) is 2.70. The van der Waals surface area contributed by atoms with Crippen molar-refractivity contribution in [2.45, 2.75) is 37.9 Å². The number of phenols is 1. The minimum absolute atomic E-state index is 0.00167. The molecule has 0 bridgehead atoms. The summed E-state index contributed by atoms with van der Waals surface area (Å²) in [4.78, 5) is 62.4. The summed E-state index contributed by atoms with van der Waals surface area (Å²) >= 11 is 0. The van der Waals surface area contributed by atoms with Crippen LogP contribution in [0, 0.1) is 0 Å². The van der Waals surface area contributed by atoms with E-state index in [-0.39, 0.29) is 17.6 Å². The molecule has 0 aliphatic carbocycles. The molecule has 0 saturated heterocycles. The van der Waals surface area contributed by atoms with Crippen LogP contribution in [0.2, 0.25) is 0 Å². The van der Waals surface area contributed by atoms with E-state index in [0.717, 1.165) is 38.1 Å². The Hall–Kier alpha value is -2.95. The third kappa shape index (κ3) is 5.11. The summed E-state index contributed by atoms with van der Waals surface area (Å²) in [6.45, 7) is 0.407. The number of benzene rings is 1. The molecule has 3 unspecified atom stereocenters. The lowest BCUT2D eigenvalue weighted by Gasteiger charge is -2.30. The lowest BCUT2D eigenvalue weighted by molar-refractivity contribution is -0.155. The zero-order valence-electron chi connectivity index (χ0n) is 15.9. The zero-order chi connectivity index (χ0) is 22.4. The Morgan fingerprint density at radius 3 is 2.03 bits per heavy atom. The van der Waals surface area contributed by atoms with E-state index in [2.05, 4.69) is 0 Å². The lowest BCUT2D eigenvalue weighted by Crippen LogP contribution is -2.55. The van der Waals surface area contributed by atoms with Gasteiger partial charge < -0.3 is 25.2 Å². The first-order chi connectivity index (χ1) is 13.5. The summed E-state index contributed by atoms with van der Waals surface area (Å²) in [5.41, 5.74) is -2.74. The summed E-state index contributed by atoms with van der Waals surface area (Å²) in [5, 5.41) is 37.6. The fraction of sp³-hybridized carbons (Fsp3) is 0.421. The topological polar surface area (TPSA) is 170 Å². The SMILES string of the molecule is CC(O)C(=O)N(CC(=O)C(C=O)(C(=O)C(C)O)c1ccc(O)cc1)C(=O)CCO. The molecule has 0 saturated carbocycles. The van der Waals surface area contributed by atoms with Crippen molar-refractivity contribution in [1.29, 1.82) is 0 Å². The number of hydrogen-bond acceptors (Lipinski definition) is 9. The molecule has 2 amide bonds. The highest BCUT2D eigenvalue weighted by Gasteiger charge is 2.49. The molecule has 10 heteroatoms. The number of phenolic OH excluding ortho intramolecular Hbond substituents is 1. The van der Waals surface area contributed by atoms with Crippen LogP contribution in [0.25, 0.3) is 0 Å². The zero-order valence-corrected chi connectivity index (χ0v) is 15.9. The molecule has 1 rings (SSSR count). The van der Waals surface area contributed by atoms with E-state index in [4.69, 9.17) is 5.11 Å². The number of nitrogens with zero attached hydrogens (tertiary/aromatic N) is 1. The first-order valence-electron chi connectivity index (χ1n) is 8.67. The van der Waals surface area contributed by atoms with Crippen molar-refractivity contribution in [3.05, 3.63) is 29.8 Å². The molecule has 158 valence electrons. The van der Waals surface area contributed by atoms with Gasteiger partial charge in [-0.25, -0.2) is 0 Å². The Balaban J connectivity index is 3.50. The number of hydrogen-bond donors (Lipinski definition) is 4. The van der Waals surface area contributed by atoms with Crippen LogP contribution >= 0.6 is 0 Å². The van der Waals surface area contributed by atoms with Gasteiger partial charge in [0.2, 0.25) is 5.91 Å². The molecule has 0 aliphatic rings. The number of aliphatic hydroxyl groups is 3. The number of rotatable bonds is 10. The first-order valence-corrected chi connectivity index (χ1v) is 8.67. The number of imide groups is 1. The van der Waals surface area contributed by atoms with Gasteiger partial charge >= 0.3 is 0 Å². The molecular formula is C19H23NO9. The molecular weight excluding hydrogens is 386 g/mol. The molecule has 10 nitrogen and oxygen atoms in total. The standard InChI is InChI=1S/C19H23NO9/c1-11(23)17(28)19(10-22,13-3-5-14(25)6-4-13)15(26)9-20(16(27)7-8-21)18(29)12(2)24/h3-6,10-12,21,23-25H,7-9H2,1-2H3. The minimum Gasteiger partial charge on any atom is -0.508 e. The maximum atomic E-state index is 13.1. The smallest absolute Gasteiger partial charge is 0.258 e. The van der Waals surface area contributed by atoms with E-state index in [1.54, 1.807) is 0 Å². The molecule has 4 N–H and O–H groups in total. The van der Waals surface area contributed by atoms with Crippen molar-refractivity contribution in [1.82, 2.24) is 4.90 Å². The molecule has 0 aliphatic heterocycles. The van der Waals surface area contributed by atoms with Gasteiger partial charge in [-0.2, -0.15) is 0 Å². The second kappa shape index (κ2) is 10.0. The van der Waals surface area contributed by atoms with Crippen LogP contribution in [-0.4, -0.2) is 80.4 Å². The van der Waals surface area contributed by atoms with Gasteiger partial charge in [0, 0.05) is 0 Å². The average molecular weight is 409 g/mol. The second-order valence-corrected chi connectivity index (χ2v) is 6.40. The summed E-state index contributed by atoms with van der Waals surface area (Å²) in [5.74, 6) is -4.77. The Kier molecular flexibility index (Phi) is 8.31. The van der Waals surface area contributed by atoms with Gasteiger partial charge in [-0.1, -0.05) is 12.1 Å². The predicted octanol–water partition coefficient (Wildman–Crippen LogP) is -1.53. The van der Waals surface area contributed by atoms with Crippen molar-refractivity contribution >= 4 is 29.7 Å². The third-order valence-corrected chi connectivity index (χ3v) is 4.26. The van der Waals surface area contributed by atoms with Crippen molar-refractivity contribution in [3.8, 4) is 5.75 Å². The highest BCUT2D eigenvalue weighted by atomic mass is 16.3. The summed E-state index contributed by atoms with van der Waals surface area (Å²) in [6.07, 6.45) is -3.95. The normalized spacial score (nSPS) is 14.9. The molecule has 1 aromatic carbocycles. The van der Waals surface area contributed by atoms with Crippen molar-refractivity contribution in [2.24, 2.45) is 0 Å². The van der Waals surface area contributed by atoms with Crippen molar-refractivity contribution in [3.63, 3.8) is 0 Å². The number of Topliss-reactive ketones (excluding diaryl/α,β-unsaturated/α-hetero) is 2. The molecule has 0 fully saturated rings. The second-order valence-electron chi connectivity index (χ2n) is 6.40. The summed E-state index contributed by atoms with van der Waals surface area (Å²) in [7, 11) is 0. The van der Waals surface area contributed by atoms with Gasteiger partial charge in [-0.3, -0.25) is 24.1 Å². The van der Waals surface area contributed by atoms with E-state index >= 15 is 0 Å². The van der Waals surface area contributed by atoms with Crippen LogP contribution < -0.4 is 0 Å². The van der Waals surface area contributed by atoms with Gasteiger partial charge in [0.15, 0.2) is 17.0 Å². The van der Waals surface area contributed by atoms with Crippen molar-refractivity contribution < 1.29 is 44.4 Å². The van der Waals surface area contributed by atoms with Gasteiger partial charge in [0.1, 0.15) is 24.2 Å². The van der Waals surface area contributed by atoms with Crippen LogP contribution in [0.5, 0.6) is 5.75 Å². The monoisotopic (exact) mass is 409 g/mol. The molecule has 1 aromatic rings. The molecule has 0 heterocycles. The van der Waals surface area contributed by atoms with Crippen LogP contribution in [-0.2, 0) is 29.4 Å². The molecule has 3 atom stereocenters. The number of amides is 2. The maximum Gasteiger partial charge on any atom is 0.258 e. The largest absolute Gasteiger partial charge is 0.508 e.